The predicted molar refractivity (Wildman–Crippen MR) is 183 cm³/mol. The summed E-state index contributed by atoms with van der Waals surface area (Å²) in [6, 6.07) is 22.6. The minimum Gasteiger partial charge on any atom is -0.508 e. The lowest BCUT2D eigenvalue weighted by molar-refractivity contribution is -0.147. The summed E-state index contributed by atoms with van der Waals surface area (Å²) in [6.07, 6.45) is 2.48. The van der Waals surface area contributed by atoms with Gasteiger partial charge in [-0.15, -0.1) is 0 Å². The van der Waals surface area contributed by atoms with Gasteiger partial charge in [-0.1, -0.05) is 71.7 Å². The number of amides is 1. The number of phenols is 1. The van der Waals surface area contributed by atoms with Gasteiger partial charge in [-0.3, -0.25) is 9.36 Å². The van der Waals surface area contributed by atoms with Gasteiger partial charge in [-0.2, -0.15) is 0 Å². The van der Waals surface area contributed by atoms with E-state index in [0.29, 0.717) is 11.1 Å². The Hall–Kier alpha value is -3.92. The third-order valence-corrected chi connectivity index (χ3v) is 10.7. The van der Waals surface area contributed by atoms with Crippen LogP contribution in [-0.4, -0.2) is 44.3 Å². The van der Waals surface area contributed by atoms with Crippen molar-refractivity contribution < 1.29 is 36.9 Å². The first-order valence-electron chi connectivity index (χ1n) is 14.3. The van der Waals surface area contributed by atoms with Gasteiger partial charge in [0, 0.05) is 23.8 Å². The number of hydrogen-bond donors (Lipinski definition) is 2. The van der Waals surface area contributed by atoms with Crippen LogP contribution in [0.3, 0.4) is 0 Å². The molecule has 47 heavy (non-hydrogen) atoms. The van der Waals surface area contributed by atoms with E-state index >= 15 is 0 Å². The summed E-state index contributed by atoms with van der Waals surface area (Å²) in [5.41, 5.74) is 1.50. The minimum atomic E-state index is -3.53. The van der Waals surface area contributed by atoms with Crippen LogP contribution in [0.1, 0.15) is 34.0 Å². The van der Waals surface area contributed by atoms with Crippen LogP contribution in [-0.2, 0) is 41.5 Å². The summed E-state index contributed by atoms with van der Waals surface area (Å²) in [7, 11) is -7.05. The molecule has 1 amide bonds. The second-order valence-corrected chi connectivity index (χ2v) is 15.5. The van der Waals surface area contributed by atoms with Crippen LogP contribution in [0.2, 0.25) is 10.0 Å². The molecule has 0 bridgehead atoms. The molecule has 0 spiro atoms. The molecule has 0 aliphatic carbocycles. The first kappa shape index (κ1) is 35.9. The number of hydrogen-bond acceptors (Lipinski definition) is 8. The Morgan fingerprint density at radius 2 is 1.60 bits per heavy atom. The highest BCUT2D eigenvalue weighted by molar-refractivity contribution is 7.90. The minimum absolute atomic E-state index is 0.0475. The first-order valence-corrected chi connectivity index (χ1v) is 18.7. The Balaban J connectivity index is 1.60. The summed E-state index contributed by atoms with van der Waals surface area (Å²) in [4.78, 5) is 26.9. The molecule has 246 valence electrons. The summed E-state index contributed by atoms with van der Waals surface area (Å²) >= 11 is 13.0. The molecule has 4 rings (SSSR count). The van der Waals surface area contributed by atoms with Crippen LogP contribution in [0.15, 0.2) is 102 Å². The van der Waals surface area contributed by atoms with E-state index in [2.05, 4.69) is 5.32 Å². The molecule has 0 aliphatic heterocycles. The molecule has 4 aromatic carbocycles. The molecule has 0 aromatic heterocycles. The smallest absolute Gasteiger partial charge is 0.329 e. The topological polar surface area (TPSA) is 136 Å². The molecule has 0 heterocycles. The zero-order chi connectivity index (χ0) is 34.2. The number of halogens is 2. The Bertz CT molecular complexity index is 1930. The maximum absolute atomic E-state index is 13.6. The maximum atomic E-state index is 13.6. The summed E-state index contributed by atoms with van der Waals surface area (Å²) in [6.45, 7) is 1.79. The summed E-state index contributed by atoms with van der Waals surface area (Å²) in [5.74, 6) is -0.229. The molecule has 0 radical (unpaired) electrons. The highest BCUT2D eigenvalue weighted by Gasteiger charge is 2.27. The largest absolute Gasteiger partial charge is 0.508 e. The van der Waals surface area contributed by atoms with Crippen LogP contribution in [0.25, 0.3) is 6.08 Å². The van der Waals surface area contributed by atoms with Gasteiger partial charge in [0.05, 0.1) is 27.1 Å². The van der Waals surface area contributed by atoms with E-state index in [0.717, 1.165) is 11.8 Å². The van der Waals surface area contributed by atoms with Crippen molar-refractivity contribution in [2.24, 2.45) is 0 Å². The lowest BCUT2D eigenvalue weighted by atomic mass is 10.0. The molecule has 0 fully saturated rings. The van der Waals surface area contributed by atoms with Gasteiger partial charge in [-0.25, -0.2) is 13.2 Å². The van der Waals surface area contributed by atoms with E-state index in [9.17, 15) is 27.7 Å². The van der Waals surface area contributed by atoms with Crippen molar-refractivity contribution in [2.75, 3.05) is 12.9 Å². The van der Waals surface area contributed by atoms with Gasteiger partial charge in [0.25, 0.3) is 13.3 Å². The molecule has 0 saturated carbocycles. The number of ether oxygens (including phenoxy) is 1. The van der Waals surface area contributed by atoms with Gasteiger partial charge in [0.1, 0.15) is 18.4 Å². The fraction of sp³-hybridized carbons (Fsp3) is 0.176. The number of benzene rings is 4. The Morgan fingerprint density at radius 1 is 0.936 bits per heavy atom. The van der Waals surface area contributed by atoms with E-state index in [1.807, 2.05) is 6.07 Å². The number of nitrogens with one attached hydrogen (secondary N) is 1. The average Bonchev–Trinajstić information content (AvgIpc) is 3.02. The number of rotatable bonds is 13. The van der Waals surface area contributed by atoms with Crippen LogP contribution < -0.4 is 10.6 Å². The average molecular weight is 717 g/mol. The molecule has 1 unspecified atom stereocenters. The number of phenolic OH excluding ortho intramolecular Hbond substituents is 1. The van der Waals surface area contributed by atoms with Crippen molar-refractivity contribution in [2.45, 2.75) is 30.9 Å². The first-order chi connectivity index (χ1) is 22.3. The van der Waals surface area contributed by atoms with Crippen molar-refractivity contribution in [3.05, 3.63) is 129 Å². The van der Waals surface area contributed by atoms with Crippen LogP contribution in [0.5, 0.6) is 5.75 Å². The van der Waals surface area contributed by atoms with Gasteiger partial charge in [0.15, 0.2) is 9.84 Å². The Morgan fingerprint density at radius 3 is 2.23 bits per heavy atom. The number of carbonyl (C=O) groups is 2. The highest BCUT2D eigenvalue weighted by Crippen LogP contribution is 2.48. The van der Waals surface area contributed by atoms with E-state index in [4.69, 9.17) is 32.5 Å². The fourth-order valence-electron chi connectivity index (χ4n) is 4.56. The van der Waals surface area contributed by atoms with E-state index < -0.39 is 35.1 Å². The second kappa shape index (κ2) is 15.8. The van der Waals surface area contributed by atoms with Crippen LogP contribution >= 0.6 is 30.6 Å². The van der Waals surface area contributed by atoms with Gasteiger partial charge >= 0.3 is 5.97 Å². The van der Waals surface area contributed by atoms with Crippen molar-refractivity contribution in [1.29, 1.82) is 0 Å². The highest BCUT2D eigenvalue weighted by atomic mass is 35.5. The third kappa shape index (κ3) is 9.79. The molecule has 2 N–H and O–H groups in total. The van der Waals surface area contributed by atoms with Crippen LogP contribution in [0, 0.1) is 0 Å². The summed E-state index contributed by atoms with van der Waals surface area (Å²) in [5, 5.41) is 12.7. The zero-order valence-corrected chi connectivity index (χ0v) is 28.7. The molecular formula is C34H32Cl2NO8PS. The number of esters is 1. The van der Waals surface area contributed by atoms with Gasteiger partial charge in [0.2, 0.25) is 0 Å². The second-order valence-electron chi connectivity index (χ2n) is 10.5. The molecule has 9 nitrogen and oxygen atoms in total. The Labute approximate surface area is 283 Å². The van der Waals surface area contributed by atoms with Crippen molar-refractivity contribution in [3.63, 3.8) is 0 Å². The molecule has 0 aliphatic rings. The molecule has 2 atom stereocenters. The third-order valence-electron chi connectivity index (χ3n) is 6.85. The van der Waals surface area contributed by atoms with Crippen LogP contribution in [0.4, 0.5) is 0 Å². The quantitative estimate of drug-likeness (QED) is 0.114. The fourth-order valence-corrected chi connectivity index (χ4v) is 7.70. The molecule has 4 aromatic rings. The Kier molecular flexibility index (Phi) is 12.1. The van der Waals surface area contributed by atoms with Crippen molar-refractivity contribution in [1.82, 2.24) is 5.32 Å². The molecule has 0 saturated heterocycles. The lowest BCUT2D eigenvalue weighted by Crippen LogP contribution is -2.43. The number of carbonyl (C=O) groups excluding carboxylic acids is 2. The van der Waals surface area contributed by atoms with Crippen molar-refractivity contribution >= 4 is 63.7 Å². The summed E-state index contributed by atoms with van der Waals surface area (Å²) < 4.78 is 48.9. The lowest BCUT2D eigenvalue weighted by Gasteiger charge is -2.19. The van der Waals surface area contributed by atoms with Crippen molar-refractivity contribution in [3.8, 4) is 5.75 Å². The standard InChI is InChI=1S/C34H32Cl2NO8PS/c1-3-45-46(41,27-13-8-12-26(38)21-27)16-15-25-18-29(35)32(30(36)19-25)33(39)37-31(34(40)44-22-23-9-5-4-6-10-23)20-24-11-7-14-28(17-24)47(2,42)43/h4-19,21,31,38H,3,20,22H2,1-2H3,(H,37,39)/b16-15+/t31-,46?/m0/s1. The van der Waals surface area contributed by atoms with Gasteiger partial charge in [-0.05, 0) is 72.2 Å². The van der Waals surface area contributed by atoms with E-state index in [1.165, 1.54) is 48.3 Å². The molecular weight excluding hydrogens is 684 g/mol. The number of sulfone groups is 1. The molecule has 13 heteroatoms. The van der Waals surface area contributed by atoms with E-state index in [1.54, 1.807) is 55.5 Å². The number of aromatic hydroxyl groups is 1. The normalized spacial score (nSPS) is 13.5. The van der Waals surface area contributed by atoms with Gasteiger partial charge < -0.3 is 19.7 Å². The monoisotopic (exact) mass is 715 g/mol. The predicted octanol–water partition coefficient (Wildman–Crippen LogP) is 6.80. The maximum Gasteiger partial charge on any atom is 0.329 e. The van der Waals surface area contributed by atoms with E-state index in [-0.39, 0.29) is 51.2 Å². The zero-order valence-electron chi connectivity index (χ0n) is 25.4. The SMILES string of the molecule is CCOP(=O)(/C=C/c1cc(Cl)c(C(=O)N[C@@H](Cc2cccc(S(C)(=O)=O)c2)C(=O)OCc2ccccc2)c(Cl)c1)c1cccc(O)c1.